The molecule has 2 spiro atoms. The summed E-state index contributed by atoms with van der Waals surface area (Å²) in [5, 5.41) is 0. The van der Waals surface area contributed by atoms with Crippen LogP contribution in [0.2, 0.25) is 0 Å². The van der Waals surface area contributed by atoms with Crippen LogP contribution in [-0.2, 0) is 0 Å². The maximum absolute atomic E-state index is 2.65. The average Bonchev–Trinajstić information content (AvgIpc) is 2.62. The SMILES string of the molecule is CC(C)N1CCC2(CCC2)CC1.CC(C)N1CCC2(CCCCC2)CC1. The van der Waals surface area contributed by atoms with E-state index in [1.807, 2.05) is 0 Å². The van der Waals surface area contributed by atoms with Gasteiger partial charge in [-0.1, -0.05) is 25.7 Å². The van der Waals surface area contributed by atoms with Crippen LogP contribution in [0.25, 0.3) is 0 Å². The molecule has 4 aliphatic rings. The van der Waals surface area contributed by atoms with Gasteiger partial charge < -0.3 is 9.80 Å². The van der Waals surface area contributed by atoms with E-state index in [0.29, 0.717) is 0 Å². The van der Waals surface area contributed by atoms with Crippen LogP contribution in [0.15, 0.2) is 0 Å². The summed E-state index contributed by atoms with van der Waals surface area (Å²) in [5.74, 6) is 0. The van der Waals surface area contributed by atoms with Crippen molar-refractivity contribution < 1.29 is 0 Å². The van der Waals surface area contributed by atoms with Crippen molar-refractivity contribution in [3.63, 3.8) is 0 Å². The van der Waals surface area contributed by atoms with Crippen LogP contribution in [0.1, 0.15) is 105 Å². The number of rotatable bonds is 2. The minimum atomic E-state index is 0.760. The largest absolute Gasteiger partial charge is 0.301 e. The summed E-state index contributed by atoms with van der Waals surface area (Å²) in [7, 11) is 0. The Bertz CT molecular complexity index is 398. The van der Waals surface area contributed by atoms with Crippen LogP contribution < -0.4 is 0 Å². The van der Waals surface area contributed by atoms with Gasteiger partial charge in [-0.3, -0.25) is 0 Å². The predicted molar refractivity (Wildman–Crippen MR) is 114 cm³/mol. The summed E-state index contributed by atoms with van der Waals surface area (Å²) >= 11 is 0. The molecule has 0 bridgehead atoms. The van der Waals surface area contributed by atoms with E-state index in [0.717, 1.165) is 22.9 Å². The summed E-state index contributed by atoms with van der Waals surface area (Å²) in [4.78, 5) is 5.28. The Morgan fingerprint density at radius 1 is 0.462 bits per heavy atom. The van der Waals surface area contributed by atoms with E-state index in [4.69, 9.17) is 0 Å². The molecule has 0 aromatic heterocycles. The third-order valence-electron chi connectivity index (χ3n) is 8.51. The Morgan fingerprint density at radius 2 is 0.808 bits per heavy atom. The Kier molecular flexibility index (Phi) is 7.11. The van der Waals surface area contributed by atoms with E-state index in [1.54, 1.807) is 0 Å². The molecule has 2 heteroatoms. The van der Waals surface area contributed by atoms with E-state index in [2.05, 4.69) is 37.5 Å². The van der Waals surface area contributed by atoms with Gasteiger partial charge in [0.1, 0.15) is 0 Å². The molecule has 152 valence electrons. The molecular weight excluding hydrogens is 316 g/mol. The monoisotopic (exact) mass is 362 g/mol. The van der Waals surface area contributed by atoms with Gasteiger partial charge in [-0.25, -0.2) is 0 Å². The molecule has 2 aliphatic heterocycles. The highest BCUT2D eigenvalue weighted by Gasteiger charge is 2.39. The molecule has 4 rings (SSSR count). The smallest absolute Gasteiger partial charge is 0.00385 e. The molecule has 4 fully saturated rings. The molecular formula is C24H46N2. The normalized spacial score (nSPS) is 28.8. The first-order chi connectivity index (χ1) is 12.4. The summed E-state index contributed by atoms with van der Waals surface area (Å²) in [6, 6.07) is 1.53. The minimum Gasteiger partial charge on any atom is -0.301 e. The summed E-state index contributed by atoms with van der Waals surface area (Å²) < 4.78 is 0. The zero-order valence-corrected chi connectivity index (χ0v) is 18.4. The van der Waals surface area contributed by atoms with Gasteiger partial charge in [0, 0.05) is 12.1 Å². The quantitative estimate of drug-likeness (QED) is 0.585. The zero-order valence-electron chi connectivity index (χ0n) is 18.4. The second kappa shape index (κ2) is 8.95. The van der Waals surface area contributed by atoms with Crippen molar-refractivity contribution in [3.8, 4) is 0 Å². The average molecular weight is 363 g/mol. The number of hydrogen-bond donors (Lipinski definition) is 0. The fourth-order valence-electron chi connectivity index (χ4n) is 6.01. The molecule has 0 N–H and O–H groups in total. The van der Waals surface area contributed by atoms with Crippen molar-refractivity contribution in [2.75, 3.05) is 26.2 Å². The molecule has 0 amide bonds. The first-order valence-corrected chi connectivity index (χ1v) is 11.9. The Labute approximate surface area is 164 Å². The lowest BCUT2D eigenvalue weighted by atomic mass is 9.63. The molecule has 2 saturated heterocycles. The standard InChI is InChI=1S/C13H25N.C11H21N/c1-12(2)14-10-8-13(9-11-14)6-4-3-5-7-13;1-10(2)12-8-6-11(7-9-12)4-3-5-11/h12H,3-11H2,1-2H3;10H,3-9H2,1-2H3. The highest BCUT2D eigenvalue weighted by molar-refractivity contribution is 4.92. The molecule has 0 radical (unpaired) electrons. The van der Waals surface area contributed by atoms with Gasteiger partial charge in [0.25, 0.3) is 0 Å². The molecule has 0 aromatic carbocycles. The number of nitrogens with zero attached hydrogens (tertiary/aromatic N) is 2. The number of hydrogen-bond acceptors (Lipinski definition) is 2. The van der Waals surface area contributed by atoms with Crippen molar-refractivity contribution in [2.24, 2.45) is 10.8 Å². The Morgan fingerprint density at radius 3 is 1.08 bits per heavy atom. The molecule has 0 aromatic rings. The van der Waals surface area contributed by atoms with Gasteiger partial charge in [-0.2, -0.15) is 0 Å². The van der Waals surface area contributed by atoms with E-state index in [9.17, 15) is 0 Å². The summed E-state index contributed by atoms with van der Waals surface area (Å²) in [6.45, 7) is 14.7. The zero-order chi connectivity index (χ0) is 18.6. The van der Waals surface area contributed by atoms with Gasteiger partial charge in [0.15, 0.2) is 0 Å². The highest BCUT2D eigenvalue weighted by Crippen LogP contribution is 2.49. The molecule has 0 unspecified atom stereocenters. The molecule has 2 saturated carbocycles. The number of piperidine rings is 2. The maximum Gasteiger partial charge on any atom is 0.00385 e. The van der Waals surface area contributed by atoms with Crippen LogP contribution >= 0.6 is 0 Å². The third kappa shape index (κ3) is 5.04. The first-order valence-electron chi connectivity index (χ1n) is 11.9. The lowest BCUT2D eigenvalue weighted by molar-refractivity contribution is 0.0220. The molecule has 0 atom stereocenters. The molecule has 2 aliphatic carbocycles. The lowest BCUT2D eigenvalue weighted by Gasteiger charge is -2.49. The lowest BCUT2D eigenvalue weighted by Crippen LogP contribution is -2.45. The van der Waals surface area contributed by atoms with Crippen LogP contribution in [-0.4, -0.2) is 48.1 Å². The van der Waals surface area contributed by atoms with Crippen LogP contribution in [0.3, 0.4) is 0 Å². The van der Waals surface area contributed by atoms with E-state index in [1.165, 1.54) is 103 Å². The van der Waals surface area contributed by atoms with Crippen LogP contribution in [0.5, 0.6) is 0 Å². The Hall–Kier alpha value is -0.0800. The fourth-order valence-corrected chi connectivity index (χ4v) is 6.01. The molecule has 2 nitrogen and oxygen atoms in total. The minimum absolute atomic E-state index is 0.760. The van der Waals surface area contributed by atoms with Crippen molar-refractivity contribution in [2.45, 2.75) is 117 Å². The third-order valence-corrected chi connectivity index (χ3v) is 8.51. The van der Waals surface area contributed by atoms with Crippen molar-refractivity contribution in [3.05, 3.63) is 0 Å². The van der Waals surface area contributed by atoms with Gasteiger partial charge in [0.2, 0.25) is 0 Å². The van der Waals surface area contributed by atoms with E-state index < -0.39 is 0 Å². The Balaban J connectivity index is 0.000000152. The second-order valence-electron chi connectivity index (χ2n) is 10.7. The van der Waals surface area contributed by atoms with E-state index in [-0.39, 0.29) is 0 Å². The van der Waals surface area contributed by atoms with Gasteiger partial charge in [-0.05, 0) is 116 Å². The summed E-state index contributed by atoms with van der Waals surface area (Å²) in [5.41, 5.74) is 1.61. The number of likely N-dealkylation sites (tertiary alicyclic amines) is 2. The molecule has 26 heavy (non-hydrogen) atoms. The topological polar surface area (TPSA) is 6.48 Å². The van der Waals surface area contributed by atoms with Crippen molar-refractivity contribution in [1.82, 2.24) is 9.80 Å². The van der Waals surface area contributed by atoms with Gasteiger partial charge in [0.05, 0.1) is 0 Å². The van der Waals surface area contributed by atoms with Crippen LogP contribution in [0.4, 0.5) is 0 Å². The van der Waals surface area contributed by atoms with E-state index >= 15 is 0 Å². The second-order valence-corrected chi connectivity index (χ2v) is 10.7. The van der Waals surface area contributed by atoms with Crippen molar-refractivity contribution in [1.29, 1.82) is 0 Å². The first kappa shape index (κ1) is 20.6. The summed E-state index contributed by atoms with van der Waals surface area (Å²) in [6.07, 6.45) is 18.0. The van der Waals surface area contributed by atoms with Crippen LogP contribution in [0, 0.1) is 10.8 Å². The predicted octanol–water partition coefficient (Wildman–Crippen LogP) is 6.10. The maximum atomic E-state index is 2.65. The van der Waals surface area contributed by atoms with Crippen molar-refractivity contribution >= 4 is 0 Å². The highest BCUT2D eigenvalue weighted by atomic mass is 15.2. The fraction of sp³-hybridized carbons (Fsp3) is 1.00. The van der Waals surface area contributed by atoms with Gasteiger partial charge >= 0.3 is 0 Å². The molecule has 2 heterocycles. The van der Waals surface area contributed by atoms with Gasteiger partial charge in [-0.15, -0.1) is 0 Å².